The number of rotatable bonds is 4. The molecule has 0 fully saturated rings. The second-order valence-corrected chi connectivity index (χ2v) is 4.08. The van der Waals surface area contributed by atoms with Crippen LogP contribution >= 0.6 is 0 Å². The molecular weight excluding hydrogens is 244 g/mol. The normalized spacial score (nSPS) is 9.95. The number of hydrogen-bond acceptors (Lipinski definition) is 4. The number of ether oxygens (including phenoxy) is 1. The van der Waals surface area contributed by atoms with E-state index in [1.807, 2.05) is 6.92 Å². The van der Waals surface area contributed by atoms with E-state index < -0.39 is 0 Å². The van der Waals surface area contributed by atoms with E-state index in [1.165, 1.54) is 18.2 Å². The Kier molecular flexibility index (Phi) is 3.61. The number of hydrogen-bond donors (Lipinski definition) is 1. The number of phenolic OH excluding ortho intramolecular Hbond substituents is 1. The minimum atomic E-state index is -0.00747. The lowest BCUT2D eigenvalue weighted by atomic mass is 10.1. The fourth-order valence-electron chi connectivity index (χ4n) is 1.66. The maximum atomic E-state index is 10.9. The molecule has 0 atom stereocenters. The van der Waals surface area contributed by atoms with E-state index in [1.54, 1.807) is 18.2 Å². The van der Waals surface area contributed by atoms with Gasteiger partial charge in [0.2, 0.25) is 0 Å². The van der Waals surface area contributed by atoms with Gasteiger partial charge in [-0.1, -0.05) is 6.07 Å². The van der Waals surface area contributed by atoms with E-state index in [-0.39, 0.29) is 11.3 Å². The number of carbonyl (C=O) groups is 2. The van der Waals surface area contributed by atoms with E-state index in [0.717, 1.165) is 11.8 Å². The van der Waals surface area contributed by atoms with Crippen molar-refractivity contribution in [2.24, 2.45) is 0 Å². The molecule has 2 aromatic carbocycles. The van der Waals surface area contributed by atoms with Crippen LogP contribution in [0, 0.1) is 6.92 Å². The summed E-state index contributed by atoms with van der Waals surface area (Å²) in [5.41, 5.74) is 1.63. The minimum absolute atomic E-state index is 0.00747. The highest BCUT2D eigenvalue weighted by molar-refractivity contribution is 5.81. The van der Waals surface area contributed by atoms with Gasteiger partial charge in [-0.25, -0.2) is 0 Å². The summed E-state index contributed by atoms with van der Waals surface area (Å²) in [6.07, 6.45) is 1.35. The van der Waals surface area contributed by atoms with Crippen LogP contribution in [0.1, 0.15) is 26.3 Å². The number of carbonyl (C=O) groups excluding carboxylic acids is 2. The summed E-state index contributed by atoms with van der Waals surface area (Å²) in [6.45, 7) is 1.82. The lowest BCUT2D eigenvalue weighted by Crippen LogP contribution is -1.92. The first kappa shape index (κ1) is 12.8. The standard InChI is InChI=1S/C15H12O4/c1-10-2-4-14(7-11(10)8-16)19-15-5-3-13(18)6-12(15)9-17/h2-9,18H,1H3. The van der Waals surface area contributed by atoms with Crippen molar-refractivity contribution in [2.75, 3.05) is 0 Å². The Morgan fingerprint density at radius 2 is 1.74 bits per heavy atom. The molecule has 0 unspecified atom stereocenters. The smallest absolute Gasteiger partial charge is 0.153 e. The third-order valence-corrected chi connectivity index (χ3v) is 2.73. The summed E-state index contributed by atoms with van der Waals surface area (Å²) in [7, 11) is 0. The molecule has 0 amide bonds. The molecular formula is C15H12O4. The molecule has 0 aliphatic rings. The molecule has 0 aliphatic heterocycles. The van der Waals surface area contributed by atoms with Gasteiger partial charge in [0, 0.05) is 5.56 Å². The quantitative estimate of drug-likeness (QED) is 0.853. The van der Waals surface area contributed by atoms with Gasteiger partial charge < -0.3 is 9.84 Å². The highest BCUT2D eigenvalue weighted by Crippen LogP contribution is 2.28. The van der Waals surface area contributed by atoms with Gasteiger partial charge in [-0.05, 0) is 42.8 Å². The summed E-state index contributed by atoms with van der Waals surface area (Å²) in [6, 6.07) is 9.32. The first-order valence-corrected chi connectivity index (χ1v) is 5.66. The molecule has 0 saturated carbocycles. The second-order valence-electron chi connectivity index (χ2n) is 4.08. The van der Waals surface area contributed by atoms with Crippen molar-refractivity contribution < 1.29 is 19.4 Å². The van der Waals surface area contributed by atoms with Crippen LogP contribution in [-0.2, 0) is 0 Å². The first-order valence-electron chi connectivity index (χ1n) is 5.66. The number of aryl methyl sites for hydroxylation is 1. The minimum Gasteiger partial charge on any atom is -0.508 e. The average molecular weight is 256 g/mol. The van der Waals surface area contributed by atoms with Crippen LogP contribution in [0.2, 0.25) is 0 Å². The molecule has 2 aromatic rings. The van der Waals surface area contributed by atoms with Crippen molar-refractivity contribution in [1.29, 1.82) is 0 Å². The highest BCUT2D eigenvalue weighted by Gasteiger charge is 2.07. The monoisotopic (exact) mass is 256 g/mol. The summed E-state index contributed by atoms with van der Waals surface area (Å²) in [5.74, 6) is 0.780. The predicted molar refractivity (Wildman–Crippen MR) is 70.1 cm³/mol. The topological polar surface area (TPSA) is 63.6 Å². The number of aldehydes is 2. The van der Waals surface area contributed by atoms with E-state index >= 15 is 0 Å². The molecule has 0 bridgehead atoms. The predicted octanol–water partition coefficient (Wildman–Crippen LogP) is 3.12. The molecule has 0 radical (unpaired) electrons. The van der Waals surface area contributed by atoms with Gasteiger partial charge >= 0.3 is 0 Å². The van der Waals surface area contributed by atoms with Crippen molar-refractivity contribution in [1.82, 2.24) is 0 Å². The van der Waals surface area contributed by atoms with Crippen molar-refractivity contribution in [3.8, 4) is 17.2 Å². The Balaban J connectivity index is 2.36. The summed E-state index contributed by atoms with van der Waals surface area (Å²) in [5, 5.41) is 9.29. The summed E-state index contributed by atoms with van der Waals surface area (Å²) >= 11 is 0. The van der Waals surface area contributed by atoms with Gasteiger partial charge in [0.25, 0.3) is 0 Å². The third-order valence-electron chi connectivity index (χ3n) is 2.73. The zero-order valence-corrected chi connectivity index (χ0v) is 10.3. The van der Waals surface area contributed by atoms with Gasteiger partial charge in [0.15, 0.2) is 6.29 Å². The Hall–Kier alpha value is -2.62. The first-order chi connectivity index (χ1) is 9.13. The third kappa shape index (κ3) is 2.80. The lowest BCUT2D eigenvalue weighted by molar-refractivity contribution is 0.111. The van der Waals surface area contributed by atoms with Gasteiger partial charge in [-0.3, -0.25) is 9.59 Å². The Morgan fingerprint density at radius 3 is 2.42 bits per heavy atom. The maximum Gasteiger partial charge on any atom is 0.153 e. The second kappa shape index (κ2) is 5.35. The summed E-state index contributed by atoms with van der Waals surface area (Å²) in [4.78, 5) is 21.8. The fourth-order valence-corrected chi connectivity index (χ4v) is 1.66. The van der Waals surface area contributed by atoms with E-state index in [0.29, 0.717) is 23.3 Å². The SMILES string of the molecule is Cc1ccc(Oc2ccc(O)cc2C=O)cc1C=O. The molecule has 1 N–H and O–H groups in total. The molecule has 4 nitrogen and oxygen atoms in total. The average Bonchev–Trinajstić information content (AvgIpc) is 2.42. The van der Waals surface area contributed by atoms with E-state index in [9.17, 15) is 14.7 Å². The van der Waals surface area contributed by atoms with Crippen LogP contribution < -0.4 is 4.74 Å². The van der Waals surface area contributed by atoms with Crippen molar-refractivity contribution >= 4 is 12.6 Å². The number of aromatic hydroxyl groups is 1. The highest BCUT2D eigenvalue weighted by atomic mass is 16.5. The van der Waals surface area contributed by atoms with Gasteiger partial charge in [0.1, 0.15) is 23.5 Å². The largest absolute Gasteiger partial charge is 0.508 e. The Bertz CT molecular complexity index is 632. The van der Waals surface area contributed by atoms with Gasteiger partial charge in [-0.2, -0.15) is 0 Å². The van der Waals surface area contributed by atoms with Crippen LogP contribution in [-0.4, -0.2) is 17.7 Å². The van der Waals surface area contributed by atoms with Crippen LogP contribution in [0.3, 0.4) is 0 Å². The Labute approximate surface area is 110 Å². The van der Waals surface area contributed by atoms with Crippen LogP contribution in [0.15, 0.2) is 36.4 Å². The van der Waals surface area contributed by atoms with Gasteiger partial charge in [0.05, 0.1) is 5.56 Å². The number of phenols is 1. The molecule has 2 rings (SSSR count). The zero-order valence-electron chi connectivity index (χ0n) is 10.3. The van der Waals surface area contributed by atoms with E-state index in [4.69, 9.17) is 4.74 Å². The molecule has 0 aromatic heterocycles. The van der Waals surface area contributed by atoms with Crippen LogP contribution in [0.4, 0.5) is 0 Å². The fraction of sp³-hybridized carbons (Fsp3) is 0.0667. The molecule has 0 heterocycles. The van der Waals surface area contributed by atoms with Crippen molar-refractivity contribution in [2.45, 2.75) is 6.92 Å². The van der Waals surface area contributed by atoms with Crippen molar-refractivity contribution in [3.63, 3.8) is 0 Å². The maximum absolute atomic E-state index is 10.9. The molecule has 4 heteroatoms. The number of benzene rings is 2. The van der Waals surface area contributed by atoms with Gasteiger partial charge in [-0.15, -0.1) is 0 Å². The molecule has 19 heavy (non-hydrogen) atoms. The Morgan fingerprint density at radius 1 is 1.00 bits per heavy atom. The summed E-state index contributed by atoms with van der Waals surface area (Å²) < 4.78 is 5.55. The molecule has 0 spiro atoms. The van der Waals surface area contributed by atoms with E-state index in [2.05, 4.69) is 0 Å². The molecule has 0 aliphatic carbocycles. The molecule has 96 valence electrons. The van der Waals surface area contributed by atoms with Crippen molar-refractivity contribution in [3.05, 3.63) is 53.1 Å². The lowest BCUT2D eigenvalue weighted by Gasteiger charge is -2.09. The zero-order chi connectivity index (χ0) is 13.8. The molecule has 0 saturated heterocycles. The van der Waals surface area contributed by atoms with Crippen LogP contribution in [0.5, 0.6) is 17.2 Å². The van der Waals surface area contributed by atoms with Crippen LogP contribution in [0.25, 0.3) is 0 Å².